The van der Waals surface area contributed by atoms with Gasteiger partial charge in [-0.25, -0.2) is 0 Å². The van der Waals surface area contributed by atoms with E-state index in [-0.39, 0.29) is 0 Å². The molecule has 0 radical (unpaired) electrons. The molecule has 0 aliphatic heterocycles. The highest BCUT2D eigenvalue weighted by Crippen LogP contribution is 2.43. The van der Waals surface area contributed by atoms with Crippen LogP contribution >= 0.6 is 0 Å². The van der Waals surface area contributed by atoms with Crippen LogP contribution in [-0.2, 0) is 0 Å². The maximum absolute atomic E-state index is 2.56. The van der Waals surface area contributed by atoms with Crippen molar-refractivity contribution in [3.63, 3.8) is 0 Å². The summed E-state index contributed by atoms with van der Waals surface area (Å²) in [5.74, 6) is 1.09. The van der Waals surface area contributed by atoms with E-state index in [2.05, 4.69) is 6.92 Å². The van der Waals surface area contributed by atoms with Crippen LogP contribution in [0.1, 0.15) is 77.6 Å². The lowest BCUT2D eigenvalue weighted by Crippen LogP contribution is -2.24. The summed E-state index contributed by atoms with van der Waals surface area (Å²) >= 11 is 0. The first-order valence-corrected chi connectivity index (χ1v) is 6.79. The van der Waals surface area contributed by atoms with E-state index < -0.39 is 0 Å². The second-order valence-corrected chi connectivity index (χ2v) is 6.08. The minimum Gasteiger partial charge on any atom is -0.0596 e. The van der Waals surface area contributed by atoms with Crippen molar-refractivity contribution in [2.24, 2.45) is 11.3 Å². The molecule has 2 rings (SSSR count). The third-order valence-electron chi connectivity index (χ3n) is 4.57. The van der Waals surface area contributed by atoms with Crippen LogP contribution in [-0.4, -0.2) is 0 Å². The number of hydrogen-bond donors (Lipinski definition) is 0. The van der Waals surface area contributed by atoms with Crippen molar-refractivity contribution in [2.75, 3.05) is 0 Å². The van der Waals surface area contributed by atoms with Gasteiger partial charge in [0.1, 0.15) is 0 Å². The summed E-state index contributed by atoms with van der Waals surface area (Å²) < 4.78 is 0. The average molecular weight is 194 g/mol. The van der Waals surface area contributed by atoms with E-state index >= 15 is 0 Å². The molecule has 0 bridgehead atoms. The normalized spacial score (nSPS) is 28.9. The molecule has 0 spiro atoms. The first-order chi connectivity index (χ1) is 6.79. The van der Waals surface area contributed by atoms with E-state index in [1.54, 1.807) is 6.42 Å². The van der Waals surface area contributed by atoms with E-state index in [1.165, 1.54) is 64.2 Å². The Kier molecular flexibility index (Phi) is 3.52. The second-order valence-electron chi connectivity index (χ2n) is 6.08. The van der Waals surface area contributed by atoms with Crippen molar-refractivity contribution >= 4 is 0 Å². The molecule has 0 aromatic carbocycles. The van der Waals surface area contributed by atoms with Gasteiger partial charge in [0.15, 0.2) is 0 Å². The first-order valence-electron chi connectivity index (χ1n) is 6.79. The molecule has 2 aliphatic rings. The Morgan fingerprint density at radius 1 is 0.857 bits per heavy atom. The Hall–Kier alpha value is 0. The molecule has 0 saturated heterocycles. The predicted octanol–water partition coefficient (Wildman–Crippen LogP) is 4.93. The van der Waals surface area contributed by atoms with Gasteiger partial charge in [-0.05, 0) is 30.6 Å². The minimum atomic E-state index is 0.736. The summed E-state index contributed by atoms with van der Waals surface area (Å²) in [5.41, 5.74) is 0.736. The van der Waals surface area contributed by atoms with Crippen LogP contribution in [0.15, 0.2) is 0 Å². The van der Waals surface area contributed by atoms with Crippen molar-refractivity contribution in [3.8, 4) is 0 Å². The van der Waals surface area contributed by atoms with Crippen LogP contribution in [0.5, 0.6) is 0 Å². The van der Waals surface area contributed by atoms with Gasteiger partial charge in [-0.2, -0.15) is 0 Å². The third-order valence-corrected chi connectivity index (χ3v) is 4.57. The molecule has 0 N–H and O–H groups in total. The molecule has 2 saturated carbocycles. The zero-order valence-corrected chi connectivity index (χ0v) is 9.86. The van der Waals surface area contributed by atoms with Crippen LogP contribution in [0.2, 0.25) is 0 Å². The maximum atomic E-state index is 2.56. The smallest absolute Gasteiger partial charge is 0.0323 e. The van der Waals surface area contributed by atoms with Gasteiger partial charge < -0.3 is 0 Å². The molecule has 0 nitrogen and oxygen atoms in total. The molecular weight excluding hydrogens is 168 g/mol. The summed E-state index contributed by atoms with van der Waals surface area (Å²) in [5, 5.41) is 0. The van der Waals surface area contributed by atoms with Crippen LogP contribution in [0.3, 0.4) is 0 Å². The zero-order chi connectivity index (χ0) is 9.86. The highest BCUT2D eigenvalue weighted by molar-refractivity contribution is 4.82. The van der Waals surface area contributed by atoms with Crippen LogP contribution < -0.4 is 0 Å². The Labute approximate surface area is 89.5 Å². The number of hydrogen-bond acceptors (Lipinski definition) is 0. The molecule has 0 atom stereocenters. The van der Waals surface area contributed by atoms with Gasteiger partial charge in [0, 0.05) is 0 Å². The third kappa shape index (κ3) is 2.74. The Bertz CT molecular complexity index is 159. The van der Waals surface area contributed by atoms with Gasteiger partial charge in [0.2, 0.25) is 0 Å². The fourth-order valence-electron chi connectivity index (χ4n) is 3.70. The number of rotatable bonds is 2. The zero-order valence-electron chi connectivity index (χ0n) is 9.86. The summed E-state index contributed by atoms with van der Waals surface area (Å²) in [4.78, 5) is 0. The molecule has 0 aromatic heterocycles. The van der Waals surface area contributed by atoms with Gasteiger partial charge >= 0.3 is 0 Å². The molecule has 0 amide bonds. The van der Waals surface area contributed by atoms with Crippen LogP contribution in [0, 0.1) is 11.3 Å². The Morgan fingerprint density at radius 3 is 2.07 bits per heavy atom. The van der Waals surface area contributed by atoms with Crippen molar-refractivity contribution in [1.82, 2.24) is 0 Å². The molecule has 2 fully saturated rings. The molecule has 2 aliphatic carbocycles. The van der Waals surface area contributed by atoms with Gasteiger partial charge in [-0.3, -0.25) is 0 Å². The van der Waals surface area contributed by atoms with E-state index in [0.717, 1.165) is 11.3 Å². The van der Waals surface area contributed by atoms with Crippen molar-refractivity contribution in [3.05, 3.63) is 0 Å². The molecular formula is C14H26. The predicted molar refractivity (Wildman–Crippen MR) is 62.4 cm³/mol. The molecule has 82 valence electrons. The summed E-state index contributed by atoms with van der Waals surface area (Å²) in [6.07, 6.45) is 16.7. The Balaban J connectivity index is 1.81. The summed E-state index contributed by atoms with van der Waals surface area (Å²) in [6.45, 7) is 2.56. The highest BCUT2D eigenvalue weighted by Gasteiger charge is 2.30. The molecule has 14 heavy (non-hydrogen) atoms. The minimum absolute atomic E-state index is 0.736. The maximum Gasteiger partial charge on any atom is -0.0323 e. The van der Waals surface area contributed by atoms with E-state index in [9.17, 15) is 0 Å². The molecule has 0 aromatic rings. The van der Waals surface area contributed by atoms with E-state index in [0.29, 0.717) is 0 Å². The fourth-order valence-corrected chi connectivity index (χ4v) is 3.70. The average Bonchev–Trinajstić information content (AvgIpc) is 2.19. The first kappa shape index (κ1) is 10.5. The fraction of sp³-hybridized carbons (Fsp3) is 1.00. The van der Waals surface area contributed by atoms with Gasteiger partial charge in [0.25, 0.3) is 0 Å². The summed E-state index contributed by atoms with van der Waals surface area (Å²) in [6, 6.07) is 0. The Morgan fingerprint density at radius 2 is 1.43 bits per heavy atom. The largest absolute Gasteiger partial charge is 0.0596 e. The SMILES string of the molecule is CC1(CC2CCCCC2)CCCCC1. The lowest BCUT2D eigenvalue weighted by molar-refractivity contribution is 0.146. The lowest BCUT2D eigenvalue weighted by Gasteiger charge is -2.37. The molecule has 0 unspecified atom stereocenters. The van der Waals surface area contributed by atoms with Gasteiger partial charge in [-0.1, -0.05) is 58.3 Å². The molecule has 0 heteroatoms. The monoisotopic (exact) mass is 194 g/mol. The molecule has 0 heterocycles. The highest BCUT2D eigenvalue weighted by atomic mass is 14.4. The van der Waals surface area contributed by atoms with E-state index in [4.69, 9.17) is 0 Å². The van der Waals surface area contributed by atoms with Gasteiger partial charge in [0.05, 0.1) is 0 Å². The van der Waals surface area contributed by atoms with Crippen molar-refractivity contribution < 1.29 is 0 Å². The van der Waals surface area contributed by atoms with Crippen LogP contribution in [0.4, 0.5) is 0 Å². The van der Waals surface area contributed by atoms with Crippen molar-refractivity contribution in [1.29, 1.82) is 0 Å². The quantitative estimate of drug-likeness (QED) is 0.585. The van der Waals surface area contributed by atoms with Gasteiger partial charge in [-0.15, -0.1) is 0 Å². The van der Waals surface area contributed by atoms with Crippen molar-refractivity contribution in [2.45, 2.75) is 77.6 Å². The standard InChI is InChI=1S/C14H26/c1-14(10-6-3-7-11-14)12-13-8-4-2-5-9-13/h13H,2-12H2,1H3. The summed E-state index contributed by atoms with van der Waals surface area (Å²) in [7, 11) is 0. The van der Waals surface area contributed by atoms with Crippen LogP contribution in [0.25, 0.3) is 0 Å². The van der Waals surface area contributed by atoms with E-state index in [1.807, 2.05) is 0 Å². The second kappa shape index (κ2) is 4.68. The lowest BCUT2D eigenvalue weighted by atomic mass is 9.68. The topological polar surface area (TPSA) is 0 Å².